The molecule has 0 saturated heterocycles. The molecule has 0 aromatic heterocycles. The first-order valence-corrected chi connectivity index (χ1v) is 2.68. The summed E-state index contributed by atoms with van der Waals surface area (Å²) in [6.45, 7) is -1.62. The maximum Gasteiger partial charge on any atom is 2.00 e. The Morgan fingerprint density at radius 1 is 0.818 bits per heavy atom. The van der Waals surface area contributed by atoms with Gasteiger partial charge in [0.2, 0.25) is 0 Å². The maximum atomic E-state index is 8.50. The van der Waals surface area contributed by atoms with Crippen LogP contribution in [0, 0.1) is 5.41 Å². The van der Waals surface area contributed by atoms with E-state index in [0.29, 0.717) is 0 Å². The van der Waals surface area contributed by atoms with E-state index >= 15 is 0 Å². The van der Waals surface area contributed by atoms with E-state index in [9.17, 15) is 0 Å². The van der Waals surface area contributed by atoms with Crippen LogP contribution in [0.2, 0.25) is 0 Å². The van der Waals surface area contributed by atoms with Crippen LogP contribution < -0.4 is 0 Å². The predicted molar refractivity (Wildman–Crippen MR) is 42.4 cm³/mol. The van der Waals surface area contributed by atoms with E-state index < -0.39 is 31.8 Å². The summed E-state index contributed by atoms with van der Waals surface area (Å²) in [5.41, 5.74) is -1.11. The van der Waals surface area contributed by atoms with Crippen molar-refractivity contribution in [1.82, 2.24) is 0 Å². The van der Waals surface area contributed by atoms with Gasteiger partial charge >= 0.3 is 23.1 Å². The van der Waals surface area contributed by atoms with Crippen molar-refractivity contribution in [3.8, 4) is 0 Å². The summed E-state index contributed by atoms with van der Waals surface area (Å²) in [5.74, 6) is 0. The molecule has 6 N–H and O–H groups in total. The summed E-state index contributed by atoms with van der Waals surface area (Å²) in [6.07, 6.45) is 0. The Bertz CT molecular complexity index is 65.8. The average molecular weight is 180 g/mol. The molecule has 0 amide bonds. The third kappa shape index (κ3) is 4.91. The van der Waals surface area contributed by atoms with Crippen LogP contribution in [-0.2, 0) is 0 Å². The molecule has 0 fully saturated rings. The minimum Gasteiger partial charge on any atom is -1.00 e. The van der Waals surface area contributed by atoms with Gasteiger partial charge in [-0.2, -0.15) is 0 Å². The van der Waals surface area contributed by atoms with E-state index in [1.54, 1.807) is 0 Å². The normalized spacial score (nSPS) is 9.82. The van der Waals surface area contributed by atoms with Gasteiger partial charge in [-0.05, 0) is 0 Å². The molecule has 5 nitrogen and oxygen atoms in total. The smallest absolute Gasteiger partial charge is 1.00 e. The monoisotopic (exact) mass is 180 g/mol. The molecule has 68 valence electrons. The molecule has 11 heavy (non-hydrogen) atoms. The number of hydrogen-bond acceptors (Lipinski definition) is 4. The van der Waals surface area contributed by atoms with Crippen LogP contribution in [-0.4, -0.2) is 75.4 Å². The van der Waals surface area contributed by atoms with Gasteiger partial charge in [-0.25, -0.2) is 0 Å². The van der Waals surface area contributed by atoms with Gasteiger partial charge in [0.1, 0.15) is 0 Å². The molecule has 0 rings (SSSR count). The summed E-state index contributed by atoms with van der Waals surface area (Å²) in [4.78, 5) is 0. The second-order valence-electron chi connectivity index (χ2n) is 2.13. The molecule has 0 aliphatic heterocycles. The van der Waals surface area contributed by atoms with Crippen LogP contribution in [0.4, 0.5) is 0 Å². The molecule has 0 aromatic rings. The van der Waals surface area contributed by atoms with E-state index in [2.05, 4.69) is 0 Å². The van der Waals surface area contributed by atoms with Crippen molar-refractivity contribution in [3.63, 3.8) is 0 Å². The molecule has 6 heteroatoms. The standard InChI is InChI=1S/C5H12O4.Mg.H2O.2H/c6-1-5(2-7,3-8)4-9;;;;/h6-9H,1-4H2;;1H2;;/q;+2;;2*-1. The summed E-state index contributed by atoms with van der Waals surface area (Å²) in [6, 6.07) is 0. The van der Waals surface area contributed by atoms with Gasteiger partial charge in [-0.1, -0.05) is 0 Å². The number of rotatable bonds is 4. The Labute approximate surface area is 84.1 Å². The number of aliphatic hydroxyl groups is 4. The van der Waals surface area contributed by atoms with Gasteiger partial charge in [-0.3, -0.25) is 0 Å². The zero-order valence-electron chi connectivity index (χ0n) is 8.32. The summed E-state index contributed by atoms with van der Waals surface area (Å²) in [5, 5.41) is 34.0. The third-order valence-corrected chi connectivity index (χ3v) is 1.34. The largest absolute Gasteiger partial charge is 2.00 e. The molecule has 0 unspecified atom stereocenters. The Morgan fingerprint density at radius 2 is 1.00 bits per heavy atom. The average Bonchev–Trinajstić information content (AvgIpc) is 1.95. The Kier molecular flexibility index (Phi) is 13.9. The van der Waals surface area contributed by atoms with Crippen LogP contribution in [0.3, 0.4) is 0 Å². The molecule has 0 aliphatic rings. The molecule has 0 saturated carbocycles. The zero-order valence-corrected chi connectivity index (χ0v) is 7.74. The minimum atomic E-state index is -1.11. The molecule has 0 bridgehead atoms. The van der Waals surface area contributed by atoms with Crippen molar-refractivity contribution in [3.05, 3.63) is 0 Å². The maximum absolute atomic E-state index is 8.50. The molecule has 0 radical (unpaired) electrons. The van der Waals surface area contributed by atoms with Crippen LogP contribution in [0.15, 0.2) is 0 Å². The fourth-order valence-corrected chi connectivity index (χ4v) is 0.300. The number of aliphatic hydroxyl groups excluding tert-OH is 4. The molecule has 0 aliphatic carbocycles. The van der Waals surface area contributed by atoms with Crippen molar-refractivity contribution in [2.75, 3.05) is 26.4 Å². The number of hydrogen-bond donors (Lipinski definition) is 4. The van der Waals surface area contributed by atoms with Gasteiger partial charge in [0.15, 0.2) is 0 Å². The SMILES string of the molecule is O.OCC(CO)(CO)CO.[H-].[H-].[Mg+2]. The van der Waals surface area contributed by atoms with Crippen LogP contribution >= 0.6 is 0 Å². The third-order valence-electron chi connectivity index (χ3n) is 1.34. The Hall–Kier alpha value is 0.566. The quantitative estimate of drug-likeness (QED) is 0.345. The predicted octanol–water partition coefficient (Wildman–Crippen LogP) is -3.04. The summed E-state index contributed by atoms with van der Waals surface area (Å²) in [7, 11) is 0. The Morgan fingerprint density at radius 3 is 1.00 bits per heavy atom. The first-order valence-electron chi connectivity index (χ1n) is 2.68. The van der Waals surface area contributed by atoms with E-state index in [1.165, 1.54) is 0 Å². The van der Waals surface area contributed by atoms with Crippen molar-refractivity contribution in [2.45, 2.75) is 0 Å². The fraction of sp³-hybridized carbons (Fsp3) is 1.00. The van der Waals surface area contributed by atoms with E-state index in [0.717, 1.165) is 0 Å². The Balaban J connectivity index is -0.0000000533. The second kappa shape index (κ2) is 8.66. The minimum absolute atomic E-state index is 0. The molecule has 0 atom stereocenters. The van der Waals surface area contributed by atoms with Crippen molar-refractivity contribution < 1.29 is 28.8 Å². The van der Waals surface area contributed by atoms with Crippen LogP contribution in [0.5, 0.6) is 0 Å². The summed E-state index contributed by atoms with van der Waals surface area (Å²) >= 11 is 0. The van der Waals surface area contributed by atoms with Gasteiger partial charge in [-0.15, -0.1) is 0 Å². The first kappa shape index (κ1) is 17.6. The van der Waals surface area contributed by atoms with Crippen molar-refractivity contribution in [2.24, 2.45) is 5.41 Å². The topological polar surface area (TPSA) is 112 Å². The van der Waals surface area contributed by atoms with E-state index in [4.69, 9.17) is 20.4 Å². The van der Waals surface area contributed by atoms with Crippen molar-refractivity contribution in [1.29, 1.82) is 0 Å². The van der Waals surface area contributed by atoms with Crippen molar-refractivity contribution >= 4 is 23.1 Å². The second-order valence-corrected chi connectivity index (χ2v) is 2.13. The molecular formula is C5H16MgO5. The van der Waals surface area contributed by atoms with Gasteiger partial charge in [0, 0.05) is 0 Å². The zero-order chi connectivity index (χ0) is 7.33. The fourth-order valence-electron chi connectivity index (χ4n) is 0.300. The molecule has 0 spiro atoms. The van der Waals surface area contributed by atoms with Gasteiger partial charge < -0.3 is 28.8 Å². The van der Waals surface area contributed by atoms with E-state index in [-0.39, 0.29) is 31.4 Å². The molecule has 0 aromatic carbocycles. The van der Waals surface area contributed by atoms with Crippen LogP contribution in [0.25, 0.3) is 0 Å². The molecular weight excluding hydrogens is 164 g/mol. The summed E-state index contributed by atoms with van der Waals surface area (Å²) < 4.78 is 0. The van der Waals surface area contributed by atoms with E-state index in [1.807, 2.05) is 0 Å². The van der Waals surface area contributed by atoms with Gasteiger partial charge in [0.25, 0.3) is 0 Å². The van der Waals surface area contributed by atoms with Gasteiger partial charge in [0.05, 0.1) is 31.8 Å². The molecule has 0 heterocycles. The van der Waals surface area contributed by atoms with Crippen LogP contribution in [0.1, 0.15) is 2.85 Å². The first-order chi connectivity index (χ1) is 4.24.